The molecule has 1 aromatic heterocycles. The molecule has 1 aliphatic rings. The van der Waals surface area contributed by atoms with Crippen LogP contribution in [-0.4, -0.2) is 52.0 Å². The third-order valence-corrected chi connectivity index (χ3v) is 4.76. The summed E-state index contributed by atoms with van der Waals surface area (Å²) in [6, 6.07) is 8.95. The van der Waals surface area contributed by atoms with Gasteiger partial charge in [-0.2, -0.15) is 4.98 Å². The van der Waals surface area contributed by atoms with Crippen molar-refractivity contribution < 1.29 is 9.32 Å². The zero-order valence-corrected chi connectivity index (χ0v) is 17.2. The minimum Gasteiger partial charge on any atom is -0.338 e. The Morgan fingerprint density at radius 3 is 2.37 bits per heavy atom. The van der Waals surface area contributed by atoms with E-state index >= 15 is 0 Å². The van der Waals surface area contributed by atoms with Crippen LogP contribution in [0.4, 0.5) is 0 Å². The fraction of sp³-hybridized carbons (Fsp3) is 0.500. The highest BCUT2D eigenvalue weighted by Gasteiger charge is 2.29. The van der Waals surface area contributed by atoms with E-state index in [0.717, 1.165) is 30.9 Å². The van der Waals surface area contributed by atoms with Gasteiger partial charge in [0, 0.05) is 32.6 Å². The fourth-order valence-corrected chi connectivity index (χ4v) is 3.07. The molecule has 0 aliphatic carbocycles. The first-order valence-corrected chi connectivity index (χ1v) is 8.76. The first kappa shape index (κ1) is 23.4. The quantitative estimate of drug-likeness (QED) is 0.805. The number of nitrogens with two attached hydrogens (primary N) is 1. The second-order valence-corrected chi connectivity index (χ2v) is 6.33. The van der Waals surface area contributed by atoms with Crippen molar-refractivity contribution in [3.63, 3.8) is 0 Å². The molecule has 1 aromatic carbocycles. The van der Waals surface area contributed by atoms with Crippen LogP contribution < -0.4 is 5.73 Å². The van der Waals surface area contributed by atoms with Crippen molar-refractivity contribution in [2.24, 2.45) is 5.73 Å². The van der Waals surface area contributed by atoms with Crippen LogP contribution in [-0.2, 0) is 11.2 Å². The normalized spacial score (nSPS) is 16.8. The lowest BCUT2D eigenvalue weighted by Gasteiger charge is -2.37. The van der Waals surface area contributed by atoms with E-state index in [9.17, 15) is 4.79 Å². The van der Waals surface area contributed by atoms with Crippen LogP contribution in [0.15, 0.2) is 34.9 Å². The van der Waals surface area contributed by atoms with Gasteiger partial charge in [-0.15, -0.1) is 24.8 Å². The van der Waals surface area contributed by atoms with Crippen LogP contribution in [0.25, 0.3) is 0 Å². The minimum atomic E-state index is -0.603. The number of aromatic nitrogens is 2. The van der Waals surface area contributed by atoms with E-state index in [0.29, 0.717) is 19.0 Å². The molecular formula is C18H27Cl2N5O2. The van der Waals surface area contributed by atoms with Gasteiger partial charge in [-0.05, 0) is 12.5 Å². The third-order valence-electron chi connectivity index (χ3n) is 4.76. The van der Waals surface area contributed by atoms with Crippen molar-refractivity contribution >= 4 is 30.7 Å². The van der Waals surface area contributed by atoms with Crippen LogP contribution in [0.5, 0.6) is 0 Å². The highest BCUT2D eigenvalue weighted by Crippen LogP contribution is 2.21. The zero-order valence-electron chi connectivity index (χ0n) is 15.6. The van der Waals surface area contributed by atoms with Gasteiger partial charge < -0.3 is 15.2 Å². The van der Waals surface area contributed by atoms with Crippen molar-refractivity contribution in [2.45, 2.75) is 32.4 Å². The maximum absolute atomic E-state index is 12.6. The first-order valence-electron chi connectivity index (χ1n) is 8.76. The molecule has 9 heteroatoms. The van der Waals surface area contributed by atoms with Gasteiger partial charge in [-0.1, -0.05) is 42.4 Å². The molecule has 0 radical (unpaired) electrons. The summed E-state index contributed by atoms with van der Waals surface area (Å²) in [5.41, 5.74) is 6.98. The number of nitrogens with zero attached hydrogens (tertiary/aromatic N) is 4. The molecule has 0 bridgehead atoms. The molecule has 2 heterocycles. The SMILES string of the molecule is CCc1noc(C(C)N2CCN(C(=O)C(N)c3ccccc3)CC2)n1.Cl.Cl. The lowest BCUT2D eigenvalue weighted by molar-refractivity contribution is -0.134. The molecule has 2 unspecified atom stereocenters. The molecular weight excluding hydrogens is 389 g/mol. The molecule has 2 N–H and O–H groups in total. The molecule has 0 spiro atoms. The van der Waals surface area contributed by atoms with Crippen LogP contribution >= 0.6 is 24.8 Å². The summed E-state index contributed by atoms with van der Waals surface area (Å²) in [5, 5.41) is 3.96. The van der Waals surface area contributed by atoms with Gasteiger partial charge >= 0.3 is 0 Å². The van der Waals surface area contributed by atoms with Gasteiger partial charge in [-0.25, -0.2) is 0 Å². The molecule has 1 aliphatic heterocycles. The number of halogens is 2. The van der Waals surface area contributed by atoms with E-state index in [1.165, 1.54) is 0 Å². The monoisotopic (exact) mass is 415 g/mol. The summed E-state index contributed by atoms with van der Waals surface area (Å²) >= 11 is 0. The van der Waals surface area contributed by atoms with E-state index < -0.39 is 6.04 Å². The van der Waals surface area contributed by atoms with Crippen LogP contribution in [0.3, 0.4) is 0 Å². The summed E-state index contributed by atoms with van der Waals surface area (Å²) in [7, 11) is 0. The average Bonchev–Trinajstić information content (AvgIpc) is 3.16. The maximum Gasteiger partial charge on any atom is 0.244 e. The zero-order chi connectivity index (χ0) is 17.8. The number of hydrogen-bond donors (Lipinski definition) is 1. The number of benzene rings is 1. The predicted molar refractivity (Wildman–Crippen MR) is 108 cm³/mol. The lowest BCUT2D eigenvalue weighted by Crippen LogP contribution is -2.51. The van der Waals surface area contributed by atoms with E-state index in [4.69, 9.17) is 10.3 Å². The molecule has 1 amide bonds. The van der Waals surface area contributed by atoms with Crippen molar-refractivity contribution in [1.29, 1.82) is 0 Å². The maximum atomic E-state index is 12.6. The Kier molecular flexibility index (Phi) is 9.18. The molecule has 3 rings (SSSR count). The number of rotatable bonds is 5. The average molecular weight is 416 g/mol. The second-order valence-electron chi connectivity index (χ2n) is 6.33. The van der Waals surface area contributed by atoms with E-state index in [2.05, 4.69) is 22.0 Å². The van der Waals surface area contributed by atoms with Gasteiger partial charge in [0.1, 0.15) is 6.04 Å². The molecule has 0 saturated carbocycles. The highest BCUT2D eigenvalue weighted by atomic mass is 35.5. The Hall–Kier alpha value is -1.67. The summed E-state index contributed by atoms with van der Waals surface area (Å²) in [4.78, 5) is 21.1. The van der Waals surface area contributed by atoms with Crippen molar-refractivity contribution in [3.05, 3.63) is 47.6 Å². The largest absolute Gasteiger partial charge is 0.338 e. The van der Waals surface area contributed by atoms with Crippen molar-refractivity contribution in [1.82, 2.24) is 19.9 Å². The number of carbonyl (C=O) groups excluding carboxylic acids is 1. The van der Waals surface area contributed by atoms with Gasteiger partial charge in [0.2, 0.25) is 11.8 Å². The molecule has 27 heavy (non-hydrogen) atoms. The van der Waals surface area contributed by atoms with Gasteiger partial charge in [-0.3, -0.25) is 9.69 Å². The predicted octanol–water partition coefficient (Wildman–Crippen LogP) is 2.38. The van der Waals surface area contributed by atoms with E-state index in [-0.39, 0.29) is 36.8 Å². The molecule has 1 fully saturated rings. The summed E-state index contributed by atoms with van der Waals surface area (Å²) in [6.45, 7) is 6.88. The Labute approximate surface area is 172 Å². The summed E-state index contributed by atoms with van der Waals surface area (Å²) in [6.07, 6.45) is 0.760. The van der Waals surface area contributed by atoms with Crippen LogP contribution in [0.2, 0.25) is 0 Å². The number of aryl methyl sites for hydroxylation is 1. The van der Waals surface area contributed by atoms with Crippen molar-refractivity contribution in [2.75, 3.05) is 26.2 Å². The smallest absolute Gasteiger partial charge is 0.244 e. The minimum absolute atomic E-state index is 0. The Morgan fingerprint density at radius 2 is 1.81 bits per heavy atom. The van der Waals surface area contributed by atoms with Gasteiger partial charge in [0.25, 0.3) is 0 Å². The summed E-state index contributed by atoms with van der Waals surface area (Å²) < 4.78 is 5.34. The Morgan fingerprint density at radius 1 is 1.19 bits per heavy atom. The molecule has 2 aromatic rings. The van der Waals surface area contributed by atoms with Crippen LogP contribution in [0.1, 0.15) is 43.2 Å². The van der Waals surface area contributed by atoms with E-state index in [1.807, 2.05) is 42.2 Å². The van der Waals surface area contributed by atoms with Gasteiger partial charge in [0.15, 0.2) is 5.82 Å². The molecule has 2 atom stereocenters. The second kappa shape index (κ2) is 10.6. The van der Waals surface area contributed by atoms with Crippen molar-refractivity contribution in [3.8, 4) is 0 Å². The number of amides is 1. The molecule has 150 valence electrons. The molecule has 1 saturated heterocycles. The molecule has 7 nitrogen and oxygen atoms in total. The fourth-order valence-electron chi connectivity index (χ4n) is 3.07. The number of piperazine rings is 1. The van der Waals surface area contributed by atoms with Gasteiger partial charge in [0.05, 0.1) is 6.04 Å². The first-order chi connectivity index (χ1) is 12.1. The standard InChI is InChI=1S/C18H25N5O2.2ClH/c1-3-15-20-17(25-21-15)13(2)22-9-11-23(12-10-22)18(24)16(19)14-7-5-4-6-8-14;;/h4-8,13,16H,3,9-12,19H2,1-2H3;2*1H. The van der Waals surface area contributed by atoms with E-state index in [1.54, 1.807) is 0 Å². The third kappa shape index (κ3) is 5.42. The number of carbonyl (C=O) groups is 1. The number of hydrogen-bond acceptors (Lipinski definition) is 6. The Balaban J connectivity index is 0.00000182. The van der Waals surface area contributed by atoms with Crippen LogP contribution in [0, 0.1) is 0 Å². The Bertz CT molecular complexity index is 705. The lowest BCUT2D eigenvalue weighted by atomic mass is 10.1. The highest BCUT2D eigenvalue weighted by molar-refractivity contribution is 5.85. The summed E-state index contributed by atoms with van der Waals surface area (Å²) in [5.74, 6) is 1.34. The topological polar surface area (TPSA) is 88.5 Å².